The lowest BCUT2D eigenvalue weighted by Crippen LogP contribution is -2.29. The predicted molar refractivity (Wildman–Crippen MR) is 140 cm³/mol. The Morgan fingerprint density at radius 2 is 1.75 bits per heavy atom. The first-order valence-corrected chi connectivity index (χ1v) is 12.2. The minimum atomic E-state index is -0.736. The second kappa shape index (κ2) is 10.4. The van der Waals surface area contributed by atoms with Gasteiger partial charge in [-0.3, -0.25) is 14.6 Å². The Balaban J connectivity index is 1.83. The summed E-state index contributed by atoms with van der Waals surface area (Å²) in [7, 11) is 0. The Bertz CT molecular complexity index is 1290. The van der Waals surface area contributed by atoms with Crippen LogP contribution < -0.4 is 4.74 Å². The number of carbonyl (C=O) groups excluding carboxylic acids is 2. The molecule has 0 spiro atoms. The predicted octanol–water partition coefficient (Wildman–Crippen LogP) is 5.92. The van der Waals surface area contributed by atoms with E-state index >= 15 is 0 Å². The molecule has 0 saturated carbocycles. The summed E-state index contributed by atoms with van der Waals surface area (Å²) in [5.74, 6) is -0.515. The zero-order valence-corrected chi connectivity index (χ0v) is 21.4. The molecule has 2 heterocycles. The van der Waals surface area contributed by atoms with Crippen molar-refractivity contribution in [2.24, 2.45) is 0 Å². The molecule has 0 radical (unpaired) electrons. The number of Topliss-reactive ketones (excluding diaryl/α,β-unsaturated/α-hetero) is 1. The van der Waals surface area contributed by atoms with Gasteiger partial charge in [0.2, 0.25) is 0 Å². The Hall–Kier alpha value is -3.93. The zero-order chi connectivity index (χ0) is 26.0. The number of pyridine rings is 1. The van der Waals surface area contributed by atoms with Gasteiger partial charge in [-0.05, 0) is 73.7 Å². The van der Waals surface area contributed by atoms with Gasteiger partial charge in [-0.1, -0.05) is 44.2 Å². The summed E-state index contributed by atoms with van der Waals surface area (Å²) in [6.07, 6.45) is 1.66. The van der Waals surface area contributed by atoms with Gasteiger partial charge in [-0.2, -0.15) is 0 Å². The summed E-state index contributed by atoms with van der Waals surface area (Å²) < 4.78 is 5.81. The Morgan fingerprint density at radius 1 is 1.03 bits per heavy atom. The maximum atomic E-state index is 13.3. The van der Waals surface area contributed by atoms with Gasteiger partial charge in [0.1, 0.15) is 11.5 Å². The van der Waals surface area contributed by atoms with E-state index in [1.54, 1.807) is 30.5 Å². The molecule has 0 bridgehead atoms. The summed E-state index contributed by atoms with van der Waals surface area (Å²) in [6.45, 7) is 10.1. The van der Waals surface area contributed by atoms with E-state index in [0.29, 0.717) is 22.9 Å². The number of carbonyl (C=O) groups is 2. The third-order valence-corrected chi connectivity index (χ3v) is 6.33. The van der Waals surface area contributed by atoms with Gasteiger partial charge in [0, 0.05) is 11.8 Å². The molecule has 3 aromatic rings. The minimum Gasteiger partial charge on any atom is -0.507 e. The van der Waals surface area contributed by atoms with Crippen molar-refractivity contribution in [3.8, 4) is 5.75 Å². The molecular formula is C30H32N2O4. The maximum Gasteiger partial charge on any atom is 0.296 e. The van der Waals surface area contributed by atoms with Gasteiger partial charge in [0.25, 0.3) is 11.7 Å². The highest BCUT2D eigenvalue weighted by Crippen LogP contribution is 2.41. The first-order valence-electron chi connectivity index (χ1n) is 12.2. The zero-order valence-electron chi connectivity index (χ0n) is 21.4. The standard InChI is InChI=1S/C30H32N2O4/c1-18(2)21-9-11-22(12-10-21)27-26(28(33)23-13-14-25(20(5)16-23)36-19(3)4)29(34)30(35)32(27)17-24-8-6-7-15-31-24/h6-16,18-19,27,33H,17H2,1-5H3/b28-26-. The molecule has 1 aliphatic rings. The SMILES string of the molecule is Cc1cc(/C(O)=C2/C(=O)C(=O)N(Cc3ccccn3)C2c2ccc(C(C)C)cc2)ccc1OC(C)C. The Labute approximate surface area is 212 Å². The van der Waals surface area contributed by atoms with Crippen LogP contribution in [0.1, 0.15) is 67.6 Å². The van der Waals surface area contributed by atoms with Gasteiger partial charge in [0.05, 0.1) is 30.0 Å². The number of rotatable bonds is 7. The van der Waals surface area contributed by atoms with Crippen molar-refractivity contribution in [3.63, 3.8) is 0 Å². The van der Waals surface area contributed by atoms with Gasteiger partial charge in [-0.25, -0.2) is 0 Å². The molecule has 1 aromatic heterocycles. The number of ether oxygens (including phenoxy) is 1. The molecule has 186 valence electrons. The van der Waals surface area contributed by atoms with Crippen molar-refractivity contribution in [1.29, 1.82) is 0 Å². The van der Waals surface area contributed by atoms with Crippen LogP contribution in [-0.2, 0) is 16.1 Å². The molecule has 1 saturated heterocycles. The van der Waals surface area contributed by atoms with E-state index in [1.165, 1.54) is 4.90 Å². The van der Waals surface area contributed by atoms with Gasteiger partial charge in [-0.15, -0.1) is 0 Å². The fourth-order valence-electron chi connectivity index (χ4n) is 4.46. The van der Waals surface area contributed by atoms with Gasteiger partial charge >= 0.3 is 0 Å². The molecule has 0 aliphatic carbocycles. The average molecular weight is 485 g/mol. The van der Waals surface area contributed by atoms with Crippen molar-refractivity contribution in [3.05, 3.63) is 100 Å². The lowest BCUT2D eigenvalue weighted by Gasteiger charge is -2.25. The third-order valence-electron chi connectivity index (χ3n) is 6.33. The van der Waals surface area contributed by atoms with Crippen molar-refractivity contribution >= 4 is 17.4 Å². The van der Waals surface area contributed by atoms with Crippen LogP contribution in [0, 0.1) is 6.92 Å². The third kappa shape index (κ3) is 5.03. The number of aliphatic hydroxyl groups excluding tert-OH is 1. The second-order valence-corrected chi connectivity index (χ2v) is 9.72. The summed E-state index contributed by atoms with van der Waals surface area (Å²) in [5.41, 5.74) is 3.93. The molecule has 6 heteroatoms. The number of hydrogen-bond donors (Lipinski definition) is 1. The normalized spacial score (nSPS) is 17.3. The van der Waals surface area contributed by atoms with E-state index in [9.17, 15) is 14.7 Å². The van der Waals surface area contributed by atoms with E-state index in [2.05, 4.69) is 18.8 Å². The van der Waals surface area contributed by atoms with Crippen LogP contribution in [0.5, 0.6) is 5.75 Å². The number of likely N-dealkylation sites (tertiary alicyclic amines) is 1. The Kier molecular flexibility index (Phi) is 7.25. The van der Waals surface area contributed by atoms with E-state index in [0.717, 1.165) is 16.7 Å². The fraction of sp³-hybridized carbons (Fsp3) is 0.300. The van der Waals surface area contributed by atoms with Crippen molar-refractivity contribution in [2.45, 2.75) is 59.2 Å². The first kappa shape index (κ1) is 25.2. The smallest absolute Gasteiger partial charge is 0.296 e. The Morgan fingerprint density at radius 3 is 2.33 bits per heavy atom. The molecule has 1 fully saturated rings. The van der Waals surface area contributed by atoms with Crippen LogP contribution >= 0.6 is 0 Å². The number of amides is 1. The number of benzene rings is 2. The summed E-state index contributed by atoms with van der Waals surface area (Å²) in [5, 5.41) is 11.4. The number of aromatic nitrogens is 1. The molecule has 4 rings (SSSR count). The summed E-state index contributed by atoms with van der Waals surface area (Å²) >= 11 is 0. The highest BCUT2D eigenvalue weighted by Gasteiger charge is 2.46. The molecule has 36 heavy (non-hydrogen) atoms. The van der Waals surface area contributed by atoms with Crippen LogP contribution in [0.3, 0.4) is 0 Å². The van der Waals surface area contributed by atoms with Crippen LogP contribution in [0.25, 0.3) is 5.76 Å². The molecule has 6 nitrogen and oxygen atoms in total. The van der Waals surface area contributed by atoms with Crippen molar-refractivity contribution in [2.75, 3.05) is 0 Å². The average Bonchev–Trinajstić information content (AvgIpc) is 3.10. The van der Waals surface area contributed by atoms with E-state index in [-0.39, 0.29) is 24.0 Å². The number of hydrogen-bond acceptors (Lipinski definition) is 5. The monoisotopic (exact) mass is 484 g/mol. The van der Waals surface area contributed by atoms with Crippen LogP contribution in [-0.4, -0.2) is 32.8 Å². The first-order chi connectivity index (χ1) is 17.2. The molecule has 1 unspecified atom stereocenters. The van der Waals surface area contributed by atoms with Crippen molar-refractivity contribution in [1.82, 2.24) is 9.88 Å². The van der Waals surface area contributed by atoms with Gasteiger partial charge < -0.3 is 14.7 Å². The van der Waals surface area contributed by atoms with Crippen LogP contribution in [0.2, 0.25) is 0 Å². The topological polar surface area (TPSA) is 79.7 Å². The fourth-order valence-corrected chi connectivity index (χ4v) is 4.46. The van der Waals surface area contributed by atoms with E-state index in [4.69, 9.17) is 4.74 Å². The number of aryl methyl sites for hydroxylation is 1. The minimum absolute atomic E-state index is 0.00822. The second-order valence-electron chi connectivity index (χ2n) is 9.72. The van der Waals surface area contributed by atoms with E-state index < -0.39 is 17.7 Å². The van der Waals surface area contributed by atoms with Crippen LogP contribution in [0.15, 0.2) is 72.4 Å². The molecular weight excluding hydrogens is 452 g/mol. The molecule has 1 amide bonds. The number of ketones is 1. The summed E-state index contributed by atoms with van der Waals surface area (Å²) in [4.78, 5) is 32.4. The maximum absolute atomic E-state index is 13.3. The quantitative estimate of drug-likeness (QED) is 0.256. The molecule has 2 aromatic carbocycles. The number of nitrogens with zero attached hydrogens (tertiary/aromatic N) is 2. The lowest BCUT2D eigenvalue weighted by atomic mass is 9.93. The van der Waals surface area contributed by atoms with Crippen LogP contribution in [0.4, 0.5) is 0 Å². The summed E-state index contributed by atoms with van der Waals surface area (Å²) in [6, 6.07) is 17.8. The van der Waals surface area contributed by atoms with E-state index in [1.807, 2.05) is 57.2 Å². The number of aliphatic hydroxyl groups is 1. The molecule has 1 atom stereocenters. The molecule has 1 N–H and O–H groups in total. The highest BCUT2D eigenvalue weighted by molar-refractivity contribution is 6.46. The highest BCUT2D eigenvalue weighted by atomic mass is 16.5. The largest absolute Gasteiger partial charge is 0.507 e. The lowest BCUT2D eigenvalue weighted by molar-refractivity contribution is -0.140. The molecule has 1 aliphatic heterocycles. The van der Waals surface area contributed by atoms with Gasteiger partial charge in [0.15, 0.2) is 0 Å². The van der Waals surface area contributed by atoms with Crippen molar-refractivity contribution < 1.29 is 19.4 Å².